The molecule has 1 saturated heterocycles. The third kappa shape index (κ3) is 5.33. The van der Waals surface area contributed by atoms with Crippen LogP contribution in [0.3, 0.4) is 0 Å². The number of nitrogens with zero attached hydrogens (tertiary/aromatic N) is 1. The summed E-state index contributed by atoms with van der Waals surface area (Å²) >= 11 is 3.34. The standard InChI is InChI=1S/C14H19BrN2O4S/c1-20-5-2-12-13(8-10(15)9-16-12)17-14(18)21-11-3-6-22(19)7-4-11/h8-9,11H,2-7H2,1H3,(H,17,18). The van der Waals surface area contributed by atoms with Gasteiger partial charge >= 0.3 is 6.09 Å². The first-order valence-electron chi connectivity index (χ1n) is 7.04. The number of pyridine rings is 1. The number of methoxy groups -OCH3 is 1. The quantitative estimate of drug-likeness (QED) is 0.835. The lowest BCUT2D eigenvalue weighted by molar-refractivity contribution is 0.105. The number of hydrogen-bond donors (Lipinski definition) is 1. The van der Waals surface area contributed by atoms with Crippen LogP contribution in [0.2, 0.25) is 0 Å². The number of amides is 1. The third-order valence-corrected chi connectivity index (χ3v) is 5.14. The normalized spacial score (nSPS) is 21.4. The van der Waals surface area contributed by atoms with Crippen LogP contribution in [0.25, 0.3) is 0 Å². The summed E-state index contributed by atoms with van der Waals surface area (Å²) in [7, 11) is 0.852. The fourth-order valence-corrected chi connectivity index (χ4v) is 3.74. The molecule has 1 aromatic rings. The second kappa shape index (κ2) is 8.59. The van der Waals surface area contributed by atoms with Crippen LogP contribution >= 0.6 is 15.9 Å². The van der Waals surface area contributed by atoms with E-state index >= 15 is 0 Å². The van der Waals surface area contributed by atoms with Crippen molar-refractivity contribution in [3.05, 3.63) is 22.4 Å². The number of ether oxygens (including phenoxy) is 2. The van der Waals surface area contributed by atoms with Gasteiger partial charge in [0.05, 0.1) is 18.0 Å². The molecular formula is C14H19BrN2O4S. The molecule has 122 valence electrons. The van der Waals surface area contributed by atoms with Gasteiger partial charge in [-0.3, -0.25) is 14.5 Å². The zero-order valence-corrected chi connectivity index (χ0v) is 14.7. The van der Waals surface area contributed by atoms with Crippen molar-refractivity contribution in [1.82, 2.24) is 4.98 Å². The molecule has 0 unspecified atom stereocenters. The fraction of sp³-hybridized carbons (Fsp3) is 0.571. The summed E-state index contributed by atoms with van der Waals surface area (Å²) in [5.41, 5.74) is 1.35. The summed E-state index contributed by atoms with van der Waals surface area (Å²) in [5, 5.41) is 2.73. The molecule has 8 heteroatoms. The maximum atomic E-state index is 12.0. The van der Waals surface area contributed by atoms with Gasteiger partial charge < -0.3 is 9.47 Å². The van der Waals surface area contributed by atoms with Crippen molar-refractivity contribution in [2.75, 3.05) is 30.5 Å². The second-order valence-corrected chi connectivity index (χ2v) is 7.58. The molecule has 1 N–H and O–H groups in total. The molecule has 0 aromatic carbocycles. The summed E-state index contributed by atoms with van der Waals surface area (Å²) in [6.07, 6.45) is 2.90. The number of carbonyl (C=O) groups is 1. The van der Waals surface area contributed by atoms with E-state index in [4.69, 9.17) is 9.47 Å². The molecule has 6 nitrogen and oxygen atoms in total. The van der Waals surface area contributed by atoms with Gasteiger partial charge in [0.15, 0.2) is 0 Å². The topological polar surface area (TPSA) is 77.5 Å². The maximum absolute atomic E-state index is 12.0. The van der Waals surface area contributed by atoms with Gasteiger partial charge in [-0.15, -0.1) is 0 Å². The predicted octanol–water partition coefficient (Wildman–Crippen LogP) is 2.49. The van der Waals surface area contributed by atoms with Gasteiger partial charge in [-0.05, 0) is 34.8 Å². The predicted molar refractivity (Wildman–Crippen MR) is 88.5 cm³/mol. The van der Waals surface area contributed by atoms with E-state index in [2.05, 4.69) is 26.2 Å². The number of carbonyl (C=O) groups excluding carboxylic acids is 1. The van der Waals surface area contributed by atoms with Crippen molar-refractivity contribution < 1.29 is 18.5 Å². The number of nitrogens with one attached hydrogen (secondary N) is 1. The largest absolute Gasteiger partial charge is 0.446 e. The van der Waals surface area contributed by atoms with Gasteiger partial charge in [0.25, 0.3) is 0 Å². The van der Waals surface area contributed by atoms with Gasteiger partial charge in [0.2, 0.25) is 0 Å². The van der Waals surface area contributed by atoms with Gasteiger partial charge in [0.1, 0.15) is 6.10 Å². The minimum absolute atomic E-state index is 0.166. The minimum atomic E-state index is -0.766. The molecule has 0 bridgehead atoms. The molecule has 0 radical (unpaired) electrons. The SMILES string of the molecule is COCCc1ncc(Br)cc1NC(=O)OC1CCS(=O)CC1. The Bertz CT molecular complexity index is 546. The third-order valence-electron chi connectivity index (χ3n) is 3.33. The summed E-state index contributed by atoms with van der Waals surface area (Å²) in [4.78, 5) is 16.3. The average molecular weight is 391 g/mol. The monoisotopic (exact) mass is 390 g/mol. The van der Waals surface area contributed by atoms with Crippen molar-refractivity contribution >= 4 is 38.5 Å². The highest BCUT2D eigenvalue weighted by Gasteiger charge is 2.21. The van der Waals surface area contributed by atoms with E-state index in [-0.39, 0.29) is 6.10 Å². The highest BCUT2D eigenvalue weighted by molar-refractivity contribution is 9.10. The Labute approximate surface area is 140 Å². The Morgan fingerprint density at radius 2 is 2.23 bits per heavy atom. The van der Waals surface area contributed by atoms with E-state index in [9.17, 15) is 9.00 Å². The van der Waals surface area contributed by atoms with Crippen LogP contribution in [0.5, 0.6) is 0 Å². The zero-order valence-electron chi connectivity index (χ0n) is 12.3. The fourth-order valence-electron chi connectivity index (χ4n) is 2.15. The molecule has 0 atom stereocenters. The first-order chi connectivity index (χ1) is 10.6. The molecule has 22 heavy (non-hydrogen) atoms. The Morgan fingerprint density at radius 1 is 1.50 bits per heavy atom. The van der Waals surface area contributed by atoms with Crippen molar-refractivity contribution in [3.8, 4) is 0 Å². The molecule has 0 aliphatic carbocycles. The van der Waals surface area contributed by atoms with Crippen molar-refractivity contribution in [2.45, 2.75) is 25.4 Å². The van der Waals surface area contributed by atoms with Crippen LogP contribution in [0.4, 0.5) is 10.5 Å². The van der Waals surface area contributed by atoms with Crippen molar-refractivity contribution in [2.24, 2.45) is 0 Å². The molecule has 1 fully saturated rings. The number of rotatable bonds is 5. The first kappa shape index (κ1) is 17.4. The van der Waals surface area contributed by atoms with Crippen LogP contribution in [0, 0.1) is 0 Å². The van der Waals surface area contributed by atoms with Gasteiger partial charge in [0, 0.05) is 46.5 Å². The summed E-state index contributed by atoms with van der Waals surface area (Å²) in [6, 6.07) is 1.79. The summed E-state index contributed by atoms with van der Waals surface area (Å²) < 4.78 is 22.5. The molecule has 1 aliphatic heterocycles. The smallest absolute Gasteiger partial charge is 0.411 e. The minimum Gasteiger partial charge on any atom is -0.446 e. The lowest BCUT2D eigenvalue weighted by atomic mass is 10.2. The highest BCUT2D eigenvalue weighted by atomic mass is 79.9. The number of anilines is 1. The van der Waals surface area contributed by atoms with Crippen LogP contribution in [0.1, 0.15) is 18.5 Å². The second-order valence-electron chi connectivity index (χ2n) is 4.97. The van der Waals surface area contributed by atoms with E-state index in [1.165, 1.54) is 0 Å². The molecule has 1 aliphatic rings. The molecule has 2 rings (SSSR count). The maximum Gasteiger partial charge on any atom is 0.411 e. The van der Waals surface area contributed by atoms with Crippen LogP contribution in [-0.4, -0.2) is 46.6 Å². The highest BCUT2D eigenvalue weighted by Crippen LogP contribution is 2.21. The lowest BCUT2D eigenvalue weighted by Crippen LogP contribution is -2.29. The number of aromatic nitrogens is 1. The van der Waals surface area contributed by atoms with Crippen LogP contribution < -0.4 is 5.32 Å². The van der Waals surface area contributed by atoms with Crippen LogP contribution in [-0.2, 0) is 26.7 Å². The van der Waals surface area contributed by atoms with E-state index in [1.54, 1.807) is 19.4 Å². The van der Waals surface area contributed by atoms with E-state index < -0.39 is 16.9 Å². The Hall–Kier alpha value is -0.990. The molecule has 1 aromatic heterocycles. The Balaban J connectivity index is 1.95. The van der Waals surface area contributed by atoms with Gasteiger partial charge in [-0.25, -0.2) is 4.79 Å². The van der Waals surface area contributed by atoms with Crippen molar-refractivity contribution in [3.63, 3.8) is 0 Å². The summed E-state index contributed by atoms with van der Waals surface area (Å²) in [6.45, 7) is 0.521. The van der Waals surface area contributed by atoms with Crippen molar-refractivity contribution in [1.29, 1.82) is 0 Å². The lowest BCUT2D eigenvalue weighted by Gasteiger charge is -2.22. The van der Waals surface area contributed by atoms with Crippen LogP contribution in [0.15, 0.2) is 16.7 Å². The van der Waals surface area contributed by atoms with Gasteiger partial charge in [-0.2, -0.15) is 0 Å². The van der Waals surface area contributed by atoms with E-state index in [1.807, 2.05) is 0 Å². The molecule has 1 amide bonds. The number of halogens is 1. The van der Waals surface area contributed by atoms with E-state index in [0.29, 0.717) is 43.1 Å². The molecule has 2 heterocycles. The Kier molecular flexibility index (Phi) is 6.78. The average Bonchev–Trinajstić information content (AvgIpc) is 2.49. The Morgan fingerprint density at radius 3 is 2.91 bits per heavy atom. The first-order valence-corrected chi connectivity index (χ1v) is 9.32. The van der Waals surface area contributed by atoms with E-state index in [0.717, 1.165) is 10.2 Å². The molecule has 0 saturated carbocycles. The summed E-state index contributed by atoms with van der Waals surface area (Å²) in [5.74, 6) is 1.19. The number of hydrogen-bond acceptors (Lipinski definition) is 5. The zero-order chi connectivity index (χ0) is 15.9. The van der Waals surface area contributed by atoms with Gasteiger partial charge in [-0.1, -0.05) is 0 Å². The molecule has 0 spiro atoms. The molecular weight excluding hydrogens is 372 g/mol.